The molecule has 0 saturated heterocycles. The molecule has 1 N–H and O–H groups in total. The molecule has 0 bridgehead atoms. The van der Waals surface area contributed by atoms with Crippen LogP contribution in [-0.2, 0) is 6.42 Å². The van der Waals surface area contributed by atoms with Gasteiger partial charge >= 0.3 is 0 Å². The maximum atomic E-state index is 12.9. The zero-order valence-corrected chi connectivity index (χ0v) is 9.46. The molecule has 3 heteroatoms. The van der Waals surface area contributed by atoms with Crippen molar-refractivity contribution in [3.05, 3.63) is 48.1 Å². The summed E-state index contributed by atoms with van der Waals surface area (Å²) >= 11 is 0. The van der Waals surface area contributed by atoms with Gasteiger partial charge < -0.3 is 9.40 Å². The van der Waals surface area contributed by atoms with Gasteiger partial charge in [0.05, 0.1) is 0 Å². The van der Waals surface area contributed by atoms with Gasteiger partial charge in [-0.25, -0.2) is 0 Å². The van der Waals surface area contributed by atoms with E-state index in [1.807, 2.05) is 24.4 Å². The average Bonchev–Trinajstić information content (AvgIpc) is 2.94. The van der Waals surface area contributed by atoms with Crippen LogP contribution in [0.15, 0.2) is 40.9 Å². The Hall–Kier alpha value is -2.03. The van der Waals surface area contributed by atoms with E-state index in [1.165, 1.54) is 11.6 Å². The Bertz CT molecular complexity index is 666. The fourth-order valence-electron chi connectivity index (χ4n) is 2.20. The minimum Gasteiger partial charge on any atom is -0.431 e. The van der Waals surface area contributed by atoms with Crippen molar-refractivity contribution in [3.8, 4) is 11.3 Å². The minimum absolute atomic E-state index is 0.550. The SMILES string of the molecule is CCc1c[nH]c2cccc(-c3ccc(F)o3)c12. The van der Waals surface area contributed by atoms with Gasteiger partial charge in [-0.05, 0) is 24.1 Å². The number of nitrogens with one attached hydrogen (secondary N) is 1. The number of fused-ring (bicyclic) bond motifs is 1. The van der Waals surface area contributed by atoms with E-state index in [4.69, 9.17) is 4.42 Å². The third-order valence-corrected chi connectivity index (χ3v) is 3.01. The maximum Gasteiger partial charge on any atom is 0.278 e. The molecule has 0 radical (unpaired) electrons. The van der Waals surface area contributed by atoms with Crippen molar-refractivity contribution in [1.29, 1.82) is 0 Å². The van der Waals surface area contributed by atoms with Crippen molar-refractivity contribution in [1.82, 2.24) is 4.98 Å². The first-order valence-corrected chi connectivity index (χ1v) is 5.64. The van der Waals surface area contributed by atoms with Crippen LogP contribution in [0.2, 0.25) is 0 Å². The summed E-state index contributed by atoms with van der Waals surface area (Å²) in [6.07, 6.45) is 2.92. The second-order valence-electron chi connectivity index (χ2n) is 4.00. The third-order valence-electron chi connectivity index (χ3n) is 3.01. The van der Waals surface area contributed by atoms with Crippen molar-refractivity contribution >= 4 is 10.9 Å². The second kappa shape index (κ2) is 3.77. The summed E-state index contributed by atoms with van der Waals surface area (Å²) in [6, 6.07) is 8.35. The maximum absolute atomic E-state index is 12.9. The number of H-pyrrole nitrogens is 1. The molecule has 0 aliphatic carbocycles. The molecule has 2 nitrogen and oxygen atoms in total. The van der Waals surface area contributed by atoms with Crippen LogP contribution in [0.1, 0.15) is 12.5 Å². The molecule has 3 rings (SSSR count). The summed E-state index contributed by atoms with van der Waals surface area (Å²) in [5.74, 6) is 0.572. The van der Waals surface area contributed by atoms with Gasteiger partial charge in [0.2, 0.25) is 0 Å². The molecule has 2 aromatic heterocycles. The Balaban J connectivity index is 2.31. The molecule has 0 fully saturated rings. The predicted octanol–water partition coefficient (Wildman–Crippen LogP) is 4.13. The van der Waals surface area contributed by atoms with Crippen LogP contribution < -0.4 is 0 Å². The summed E-state index contributed by atoms with van der Waals surface area (Å²) < 4.78 is 18.0. The number of aromatic amines is 1. The highest BCUT2D eigenvalue weighted by Crippen LogP contribution is 2.32. The fourth-order valence-corrected chi connectivity index (χ4v) is 2.20. The Labute approximate surface area is 98.1 Å². The molecule has 0 saturated carbocycles. The van der Waals surface area contributed by atoms with Crippen LogP contribution in [0.3, 0.4) is 0 Å². The van der Waals surface area contributed by atoms with Gasteiger partial charge in [-0.15, -0.1) is 0 Å². The number of aromatic nitrogens is 1. The van der Waals surface area contributed by atoms with Gasteiger partial charge in [0.15, 0.2) is 0 Å². The lowest BCUT2D eigenvalue weighted by molar-refractivity contribution is 0.367. The van der Waals surface area contributed by atoms with Gasteiger partial charge in [0.25, 0.3) is 6.01 Å². The van der Waals surface area contributed by atoms with Gasteiger partial charge in [0.1, 0.15) is 5.76 Å². The van der Waals surface area contributed by atoms with Crippen molar-refractivity contribution in [3.63, 3.8) is 0 Å². The van der Waals surface area contributed by atoms with E-state index in [9.17, 15) is 4.39 Å². The van der Waals surface area contributed by atoms with Gasteiger partial charge in [-0.3, -0.25) is 0 Å². The minimum atomic E-state index is -0.550. The van der Waals surface area contributed by atoms with E-state index >= 15 is 0 Å². The summed E-state index contributed by atoms with van der Waals surface area (Å²) in [7, 11) is 0. The topological polar surface area (TPSA) is 28.9 Å². The quantitative estimate of drug-likeness (QED) is 0.703. The molecule has 0 amide bonds. The van der Waals surface area contributed by atoms with Crippen LogP contribution in [-0.4, -0.2) is 4.98 Å². The molecule has 17 heavy (non-hydrogen) atoms. The number of aryl methyl sites for hydroxylation is 1. The van der Waals surface area contributed by atoms with E-state index in [-0.39, 0.29) is 0 Å². The summed E-state index contributed by atoms with van der Waals surface area (Å²) in [6.45, 7) is 2.10. The van der Waals surface area contributed by atoms with Crippen LogP contribution >= 0.6 is 0 Å². The van der Waals surface area contributed by atoms with E-state index in [0.717, 1.165) is 22.9 Å². The number of rotatable bonds is 2. The highest BCUT2D eigenvalue weighted by atomic mass is 19.1. The molecular formula is C14H12FNO. The molecule has 0 aliphatic rings. The number of halogens is 1. The van der Waals surface area contributed by atoms with E-state index in [2.05, 4.69) is 11.9 Å². The molecule has 0 atom stereocenters. The second-order valence-corrected chi connectivity index (χ2v) is 4.00. The Morgan fingerprint density at radius 3 is 2.82 bits per heavy atom. The van der Waals surface area contributed by atoms with Gasteiger partial charge in [0, 0.05) is 28.7 Å². The Morgan fingerprint density at radius 1 is 1.24 bits per heavy atom. The summed E-state index contributed by atoms with van der Waals surface area (Å²) in [5, 5.41) is 1.12. The molecule has 0 spiro atoms. The Morgan fingerprint density at radius 2 is 2.12 bits per heavy atom. The van der Waals surface area contributed by atoms with E-state index in [0.29, 0.717) is 5.76 Å². The average molecular weight is 229 g/mol. The van der Waals surface area contributed by atoms with Gasteiger partial charge in [-0.2, -0.15) is 4.39 Å². The molecule has 0 unspecified atom stereocenters. The normalized spacial score (nSPS) is 11.2. The lowest BCUT2D eigenvalue weighted by Gasteiger charge is -2.01. The van der Waals surface area contributed by atoms with Crippen molar-refractivity contribution in [2.45, 2.75) is 13.3 Å². The number of hydrogen-bond acceptors (Lipinski definition) is 1. The molecule has 0 aliphatic heterocycles. The number of furan rings is 1. The zero-order valence-electron chi connectivity index (χ0n) is 9.46. The van der Waals surface area contributed by atoms with Crippen molar-refractivity contribution < 1.29 is 8.81 Å². The Kier molecular flexibility index (Phi) is 2.25. The first-order chi connectivity index (χ1) is 8.29. The van der Waals surface area contributed by atoms with Gasteiger partial charge in [-0.1, -0.05) is 19.1 Å². The molecule has 1 aromatic carbocycles. The van der Waals surface area contributed by atoms with Crippen LogP contribution in [0.25, 0.3) is 22.2 Å². The van der Waals surface area contributed by atoms with Crippen molar-refractivity contribution in [2.24, 2.45) is 0 Å². The number of hydrogen-bond donors (Lipinski definition) is 1. The number of benzene rings is 1. The predicted molar refractivity (Wildman–Crippen MR) is 65.3 cm³/mol. The summed E-state index contributed by atoms with van der Waals surface area (Å²) in [5.41, 5.74) is 3.20. The molecule has 86 valence electrons. The lowest BCUT2D eigenvalue weighted by atomic mass is 10.0. The zero-order chi connectivity index (χ0) is 11.8. The highest BCUT2D eigenvalue weighted by Gasteiger charge is 2.11. The van der Waals surface area contributed by atoms with E-state index in [1.54, 1.807) is 6.07 Å². The monoisotopic (exact) mass is 229 g/mol. The largest absolute Gasteiger partial charge is 0.431 e. The smallest absolute Gasteiger partial charge is 0.278 e. The molecule has 3 aromatic rings. The van der Waals surface area contributed by atoms with Crippen LogP contribution in [0.5, 0.6) is 0 Å². The first-order valence-electron chi connectivity index (χ1n) is 5.64. The molecule has 2 heterocycles. The van der Waals surface area contributed by atoms with Crippen LogP contribution in [0.4, 0.5) is 4.39 Å². The standard InChI is InChI=1S/C14H12FNO/c1-2-9-8-16-11-5-3-4-10(14(9)11)12-6-7-13(15)17-12/h3-8,16H,2H2,1H3. The lowest BCUT2D eigenvalue weighted by Crippen LogP contribution is -1.81. The highest BCUT2D eigenvalue weighted by molar-refractivity contribution is 5.96. The van der Waals surface area contributed by atoms with E-state index < -0.39 is 6.01 Å². The first kappa shape index (κ1) is 10.1. The molecular weight excluding hydrogens is 217 g/mol. The van der Waals surface area contributed by atoms with Crippen molar-refractivity contribution in [2.75, 3.05) is 0 Å². The summed E-state index contributed by atoms with van der Waals surface area (Å²) in [4.78, 5) is 3.22. The van der Waals surface area contributed by atoms with Crippen LogP contribution in [0, 0.1) is 6.01 Å². The third kappa shape index (κ3) is 1.55. The fraction of sp³-hybridized carbons (Fsp3) is 0.143.